The van der Waals surface area contributed by atoms with Crippen LogP contribution in [0.25, 0.3) is 11.1 Å². The van der Waals surface area contributed by atoms with Crippen LogP contribution in [0.4, 0.5) is 0 Å². The number of allylic oxidation sites excluding steroid dienone is 8. The fourth-order valence-electron chi connectivity index (χ4n) is 3.62. The van der Waals surface area contributed by atoms with E-state index in [9.17, 15) is 0 Å². The number of benzene rings is 2. The van der Waals surface area contributed by atoms with Crippen LogP contribution in [0.1, 0.15) is 62.8 Å². The summed E-state index contributed by atoms with van der Waals surface area (Å²) in [5.74, 6) is 4.75. The Kier molecular flexibility index (Phi) is 17.5. The molecule has 0 unspecified atom stereocenters. The molecule has 0 nitrogen and oxygen atoms in total. The molecule has 4 rings (SSSR count). The maximum atomic E-state index is 3.32. The third-order valence-corrected chi connectivity index (χ3v) is 5.50. The normalized spacial score (nSPS) is 13.4. The summed E-state index contributed by atoms with van der Waals surface area (Å²) >= 11 is 1.80. The van der Waals surface area contributed by atoms with Crippen LogP contribution >= 0.6 is 0 Å². The fourth-order valence-corrected chi connectivity index (χ4v) is 3.62. The molecule has 0 bridgehead atoms. The number of hydrogen-bond acceptors (Lipinski definition) is 0. The molecule has 0 aromatic heterocycles. The Labute approximate surface area is 236 Å². The zero-order valence-corrected chi connectivity index (χ0v) is 27.4. The maximum Gasteiger partial charge on any atom is -1.00 e. The van der Waals surface area contributed by atoms with Crippen LogP contribution in [0.2, 0.25) is 11.5 Å². The summed E-state index contributed by atoms with van der Waals surface area (Å²) in [5, 5.41) is 0. The van der Waals surface area contributed by atoms with Crippen molar-refractivity contribution in [3.63, 3.8) is 0 Å². The van der Waals surface area contributed by atoms with Gasteiger partial charge >= 0.3 is 43.1 Å². The van der Waals surface area contributed by atoms with E-state index in [1.54, 1.807) is 21.6 Å². The number of rotatable bonds is 4. The Bertz CT molecular complexity index is 943. The zero-order chi connectivity index (χ0) is 23.5. The van der Waals surface area contributed by atoms with Crippen LogP contribution in [0.5, 0.6) is 0 Å². The molecule has 180 valence electrons. The summed E-state index contributed by atoms with van der Waals surface area (Å²) in [6.07, 6.45) is 15.3. The summed E-state index contributed by atoms with van der Waals surface area (Å²) < 4.78 is 0. The minimum Gasteiger partial charge on any atom is -1.00 e. The van der Waals surface area contributed by atoms with Crippen molar-refractivity contribution in [3.05, 3.63) is 106 Å². The first kappa shape index (κ1) is 33.4. The monoisotopic (exact) mass is 630 g/mol. The summed E-state index contributed by atoms with van der Waals surface area (Å²) in [6.45, 7) is 8.63. The second-order valence-electron chi connectivity index (χ2n) is 8.35. The molecule has 2 aromatic carbocycles. The van der Waals surface area contributed by atoms with Crippen molar-refractivity contribution in [1.82, 2.24) is 0 Å². The Morgan fingerprint density at radius 1 is 0.676 bits per heavy atom. The van der Waals surface area contributed by atoms with E-state index in [4.69, 9.17) is 0 Å². The van der Waals surface area contributed by atoms with Gasteiger partial charge < -0.3 is 24.8 Å². The average Bonchev–Trinajstić information content (AvgIpc) is 3.42. The Hall–Kier alpha value is -0.594. The molecule has 0 atom stereocenters. The van der Waals surface area contributed by atoms with E-state index < -0.39 is 0 Å². The van der Waals surface area contributed by atoms with Crippen LogP contribution < -0.4 is 24.8 Å². The SMILES string of the molecule is CCc1ccc(C2=CC[C-]=C2C)cc1.CCc1ccc(C2=CC[C-]=C2C)cc1.[CH3][Ge]([CH3])=[Zr+2].[Cl-].[Cl-]. The summed E-state index contributed by atoms with van der Waals surface area (Å²) in [6, 6.07) is 17.7. The van der Waals surface area contributed by atoms with E-state index in [-0.39, 0.29) is 34.8 Å². The molecule has 4 heteroatoms. The van der Waals surface area contributed by atoms with Gasteiger partial charge in [0.05, 0.1) is 0 Å². The molecule has 0 N–H and O–H groups in total. The fraction of sp³-hybridized carbons (Fsp3) is 0.333. The molecule has 34 heavy (non-hydrogen) atoms. The first-order chi connectivity index (χ1) is 15.3. The van der Waals surface area contributed by atoms with Crippen molar-refractivity contribution in [2.24, 2.45) is 0 Å². The summed E-state index contributed by atoms with van der Waals surface area (Å²) in [5.41, 5.74) is 10.7. The average molecular weight is 631 g/mol. The molecule has 2 aliphatic rings. The minimum atomic E-state index is -0.243. The Morgan fingerprint density at radius 2 is 0.971 bits per heavy atom. The standard InChI is InChI=1S/2C14H15.C2H6Ge.2ClH.Zr/c2*1-3-12-7-9-13(10-8-12)14-6-4-5-11(14)2;1-3-2;;;/h2*6-10H,3-4H2,1-2H3;1-2H3;2*1H;/q2*-1;;;;+2/p-2. The van der Waals surface area contributed by atoms with E-state index >= 15 is 0 Å². The quantitative estimate of drug-likeness (QED) is 0.360. The third-order valence-electron chi connectivity index (χ3n) is 5.50. The van der Waals surface area contributed by atoms with Crippen molar-refractivity contribution < 1.29 is 46.4 Å². The minimum absolute atomic E-state index is 0. The molecular weight excluding hydrogens is 595 g/mol. The molecule has 2 aliphatic carbocycles. The van der Waals surface area contributed by atoms with Crippen molar-refractivity contribution in [3.8, 4) is 0 Å². The maximum absolute atomic E-state index is 3.32. The molecule has 0 saturated heterocycles. The van der Waals surface area contributed by atoms with Crippen LogP contribution in [0.15, 0.2) is 71.8 Å². The number of hydrogen-bond donors (Lipinski definition) is 0. The van der Waals surface area contributed by atoms with Crippen molar-refractivity contribution >= 4 is 21.1 Å². The molecule has 0 saturated carbocycles. The van der Waals surface area contributed by atoms with Gasteiger partial charge in [-0.1, -0.05) is 76.2 Å². The van der Waals surface area contributed by atoms with Gasteiger partial charge in [0.2, 0.25) is 0 Å². The third kappa shape index (κ3) is 11.0. The van der Waals surface area contributed by atoms with Crippen molar-refractivity contribution in [2.45, 2.75) is 64.9 Å². The van der Waals surface area contributed by atoms with Gasteiger partial charge in [0, 0.05) is 0 Å². The predicted molar refractivity (Wildman–Crippen MR) is 139 cm³/mol. The second kappa shape index (κ2) is 17.8. The van der Waals surface area contributed by atoms with Gasteiger partial charge in [0.1, 0.15) is 0 Å². The number of halogens is 2. The van der Waals surface area contributed by atoms with Gasteiger partial charge in [-0.15, -0.1) is 24.0 Å². The molecular formula is C30H36Cl2GeZr-2. The van der Waals surface area contributed by atoms with Gasteiger partial charge in [-0.05, 0) is 24.0 Å². The predicted octanol–water partition coefficient (Wildman–Crippen LogP) is 2.36. The first-order valence-electron chi connectivity index (χ1n) is 11.6. The van der Waals surface area contributed by atoms with Gasteiger partial charge in [-0.25, -0.2) is 11.1 Å². The van der Waals surface area contributed by atoms with Crippen molar-refractivity contribution in [2.75, 3.05) is 0 Å². The molecule has 0 heterocycles. The van der Waals surface area contributed by atoms with E-state index in [0.29, 0.717) is 0 Å². The topological polar surface area (TPSA) is 0 Å². The van der Waals surface area contributed by atoms with Crippen LogP contribution in [0, 0.1) is 12.2 Å². The van der Waals surface area contributed by atoms with Crippen LogP contribution in [-0.2, 0) is 34.4 Å². The Balaban J connectivity index is 0.000000528. The Morgan fingerprint density at radius 3 is 1.18 bits per heavy atom. The van der Waals surface area contributed by atoms with Crippen LogP contribution in [0.3, 0.4) is 0 Å². The van der Waals surface area contributed by atoms with Gasteiger partial charge in [-0.2, -0.15) is 23.3 Å². The van der Waals surface area contributed by atoms with E-state index in [2.05, 4.69) is 112 Å². The second-order valence-corrected chi connectivity index (χ2v) is 25.3. The molecule has 0 fully saturated rings. The van der Waals surface area contributed by atoms with Gasteiger partial charge in [0.25, 0.3) is 0 Å². The zero-order valence-electron chi connectivity index (χ0n) is 21.4. The molecule has 2 aromatic rings. The van der Waals surface area contributed by atoms with Gasteiger partial charge in [0.15, 0.2) is 0 Å². The molecule has 0 spiro atoms. The van der Waals surface area contributed by atoms with Gasteiger partial charge in [-0.3, -0.25) is 12.2 Å². The molecule has 0 aliphatic heterocycles. The van der Waals surface area contributed by atoms with E-state index in [1.165, 1.54) is 44.5 Å². The summed E-state index contributed by atoms with van der Waals surface area (Å²) in [7, 11) is -0.243. The largest absolute Gasteiger partial charge is 1.00 e. The van der Waals surface area contributed by atoms with E-state index in [0.717, 1.165) is 25.7 Å². The smallest absolute Gasteiger partial charge is 1.00 e. The first-order valence-corrected chi connectivity index (χ1v) is 23.2. The number of aryl methyl sites for hydroxylation is 2. The van der Waals surface area contributed by atoms with E-state index in [1.807, 2.05) is 0 Å². The summed E-state index contributed by atoms with van der Waals surface area (Å²) in [4.78, 5) is 0. The van der Waals surface area contributed by atoms with Crippen LogP contribution in [-0.4, -0.2) is 9.98 Å². The van der Waals surface area contributed by atoms with Crippen molar-refractivity contribution in [1.29, 1.82) is 0 Å². The molecule has 0 radical (unpaired) electrons. The molecule has 0 amide bonds.